The van der Waals surface area contributed by atoms with Crippen LogP contribution >= 0.6 is 0 Å². The van der Waals surface area contributed by atoms with E-state index in [-0.39, 0.29) is 5.91 Å². The molecule has 2 rings (SSSR count). The van der Waals surface area contributed by atoms with Gasteiger partial charge in [-0.25, -0.2) is 0 Å². The summed E-state index contributed by atoms with van der Waals surface area (Å²) in [6.07, 6.45) is 0.637. The Labute approximate surface area is 112 Å². The minimum atomic E-state index is -0.0280. The van der Waals surface area contributed by atoms with Crippen LogP contribution in [-0.2, 0) is 4.79 Å². The van der Waals surface area contributed by atoms with Gasteiger partial charge >= 0.3 is 0 Å². The Bertz CT molecular complexity index is 665. The van der Waals surface area contributed by atoms with Gasteiger partial charge in [-0.15, -0.1) is 0 Å². The monoisotopic (exact) mass is 252 g/mol. The molecule has 2 aromatic rings. The summed E-state index contributed by atoms with van der Waals surface area (Å²) in [5.74, 6) is 6.17. The van der Waals surface area contributed by atoms with Gasteiger partial charge in [0.2, 0.25) is 5.91 Å². The first-order valence-corrected chi connectivity index (χ1v) is 6.19. The zero-order chi connectivity index (χ0) is 13.7. The zero-order valence-electron chi connectivity index (χ0n) is 10.9. The molecule has 0 heterocycles. The molecule has 3 N–H and O–H groups in total. The maximum absolute atomic E-state index is 10.7. The van der Waals surface area contributed by atoms with Gasteiger partial charge in [0, 0.05) is 36.5 Å². The van der Waals surface area contributed by atoms with Gasteiger partial charge in [-0.05, 0) is 17.5 Å². The molecule has 0 fully saturated rings. The van der Waals surface area contributed by atoms with Crippen LogP contribution in [0.2, 0.25) is 0 Å². The number of hydrogen-bond acceptors (Lipinski definition) is 2. The molecule has 0 atom stereocenters. The first kappa shape index (κ1) is 13.0. The first-order chi connectivity index (χ1) is 9.18. The average molecular weight is 252 g/mol. The average Bonchev–Trinajstić information content (AvgIpc) is 2.39. The van der Waals surface area contributed by atoms with Crippen LogP contribution in [0.5, 0.6) is 0 Å². The van der Waals surface area contributed by atoms with E-state index in [1.54, 1.807) is 0 Å². The molecule has 0 aliphatic rings. The number of nitrogens with one attached hydrogen (secondary N) is 1. The van der Waals surface area contributed by atoms with Gasteiger partial charge in [-0.3, -0.25) is 4.79 Å². The second kappa shape index (κ2) is 5.92. The maximum atomic E-state index is 10.7. The van der Waals surface area contributed by atoms with Crippen LogP contribution in [0, 0.1) is 11.8 Å². The van der Waals surface area contributed by atoms with Crippen molar-refractivity contribution >= 4 is 22.4 Å². The van der Waals surface area contributed by atoms with E-state index < -0.39 is 0 Å². The summed E-state index contributed by atoms with van der Waals surface area (Å²) in [6.45, 7) is 2.08. The highest BCUT2D eigenvalue weighted by Crippen LogP contribution is 2.23. The van der Waals surface area contributed by atoms with Crippen molar-refractivity contribution in [3.8, 4) is 11.8 Å². The molecule has 0 unspecified atom stereocenters. The topological polar surface area (TPSA) is 55.1 Å². The number of hydrogen-bond donors (Lipinski definition) is 2. The Morgan fingerprint density at radius 3 is 2.74 bits per heavy atom. The first-order valence-electron chi connectivity index (χ1n) is 6.19. The normalized spacial score (nSPS) is 9.74. The number of amides is 1. The molecule has 0 saturated heterocycles. The number of anilines is 1. The van der Waals surface area contributed by atoms with E-state index in [0.717, 1.165) is 22.0 Å². The summed E-state index contributed by atoms with van der Waals surface area (Å²) in [6, 6.07) is 11.8. The molecule has 1 amide bonds. The van der Waals surface area contributed by atoms with Gasteiger partial charge in [-0.2, -0.15) is 0 Å². The smallest absolute Gasteiger partial charge is 0.216 e. The highest BCUT2D eigenvalue weighted by Gasteiger charge is 2.00. The van der Waals surface area contributed by atoms with Crippen molar-refractivity contribution in [1.82, 2.24) is 5.32 Å². The van der Waals surface area contributed by atoms with Gasteiger partial charge in [0.25, 0.3) is 0 Å². The van der Waals surface area contributed by atoms with Crippen LogP contribution in [0.15, 0.2) is 36.4 Å². The molecule has 0 aromatic heterocycles. The lowest BCUT2D eigenvalue weighted by atomic mass is 10.0. The Kier molecular flexibility index (Phi) is 4.04. The summed E-state index contributed by atoms with van der Waals surface area (Å²) in [5.41, 5.74) is 7.67. The third-order valence-corrected chi connectivity index (χ3v) is 2.80. The van der Waals surface area contributed by atoms with Crippen molar-refractivity contribution < 1.29 is 4.79 Å². The van der Waals surface area contributed by atoms with E-state index in [4.69, 9.17) is 5.73 Å². The van der Waals surface area contributed by atoms with E-state index in [2.05, 4.69) is 17.2 Å². The number of carbonyl (C=O) groups is 1. The quantitative estimate of drug-likeness (QED) is 0.489. The van der Waals surface area contributed by atoms with Gasteiger partial charge < -0.3 is 11.1 Å². The lowest BCUT2D eigenvalue weighted by Crippen LogP contribution is -2.20. The molecule has 0 saturated carbocycles. The van der Waals surface area contributed by atoms with E-state index in [0.29, 0.717) is 13.0 Å². The third kappa shape index (κ3) is 3.26. The number of benzene rings is 2. The summed E-state index contributed by atoms with van der Waals surface area (Å²) in [4.78, 5) is 10.7. The number of fused-ring (bicyclic) bond motifs is 1. The summed E-state index contributed by atoms with van der Waals surface area (Å²) < 4.78 is 0. The molecule has 19 heavy (non-hydrogen) atoms. The molecule has 2 aromatic carbocycles. The van der Waals surface area contributed by atoms with Gasteiger partial charge in [-0.1, -0.05) is 36.1 Å². The van der Waals surface area contributed by atoms with Gasteiger partial charge in [0.15, 0.2) is 0 Å². The fraction of sp³-hybridized carbons (Fsp3) is 0.188. The van der Waals surface area contributed by atoms with Crippen LogP contribution in [0.25, 0.3) is 10.8 Å². The van der Waals surface area contributed by atoms with Crippen molar-refractivity contribution in [2.24, 2.45) is 0 Å². The largest absolute Gasteiger partial charge is 0.398 e. The van der Waals surface area contributed by atoms with Crippen molar-refractivity contribution in [1.29, 1.82) is 0 Å². The molecule has 0 aliphatic carbocycles. The molecular formula is C16H16N2O. The summed E-state index contributed by atoms with van der Waals surface area (Å²) in [7, 11) is 0. The predicted molar refractivity (Wildman–Crippen MR) is 78.5 cm³/mol. The number of nitrogens with two attached hydrogens (primary N) is 1. The molecule has 0 spiro atoms. The lowest BCUT2D eigenvalue weighted by molar-refractivity contribution is -0.118. The molecule has 0 aliphatic heterocycles. The highest BCUT2D eigenvalue weighted by molar-refractivity contribution is 5.96. The van der Waals surface area contributed by atoms with Crippen molar-refractivity contribution in [3.05, 3.63) is 42.0 Å². The number of rotatable bonds is 2. The molecular weight excluding hydrogens is 236 g/mol. The van der Waals surface area contributed by atoms with Crippen LogP contribution in [-0.4, -0.2) is 12.5 Å². The van der Waals surface area contributed by atoms with Crippen LogP contribution in [0.4, 0.5) is 5.69 Å². The zero-order valence-corrected chi connectivity index (χ0v) is 10.9. The summed E-state index contributed by atoms with van der Waals surface area (Å²) >= 11 is 0. The second-order valence-corrected chi connectivity index (χ2v) is 4.28. The van der Waals surface area contributed by atoms with Gasteiger partial charge in [0.1, 0.15) is 0 Å². The Hall–Kier alpha value is -2.47. The highest BCUT2D eigenvalue weighted by atomic mass is 16.1. The minimum Gasteiger partial charge on any atom is -0.398 e. The van der Waals surface area contributed by atoms with E-state index in [1.165, 1.54) is 6.92 Å². The van der Waals surface area contributed by atoms with Crippen molar-refractivity contribution in [2.75, 3.05) is 12.3 Å². The number of nitrogen functional groups attached to an aromatic ring is 1. The van der Waals surface area contributed by atoms with E-state index in [1.807, 2.05) is 36.4 Å². The maximum Gasteiger partial charge on any atom is 0.216 e. The van der Waals surface area contributed by atoms with Crippen molar-refractivity contribution in [2.45, 2.75) is 13.3 Å². The van der Waals surface area contributed by atoms with E-state index >= 15 is 0 Å². The standard InChI is InChI=1S/C16H16N2O/c1-12(19)18-11-3-2-6-13-7-4-9-15-14(13)8-5-10-16(15)17/h4-5,7-10H,3,11,17H2,1H3,(H,18,19). The van der Waals surface area contributed by atoms with E-state index in [9.17, 15) is 4.79 Å². The molecule has 3 heteroatoms. The Morgan fingerprint density at radius 1 is 1.21 bits per heavy atom. The Morgan fingerprint density at radius 2 is 1.95 bits per heavy atom. The van der Waals surface area contributed by atoms with Crippen molar-refractivity contribution in [3.63, 3.8) is 0 Å². The third-order valence-electron chi connectivity index (χ3n) is 2.80. The minimum absolute atomic E-state index is 0.0280. The van der Waals surface area contributed by atoms with Crippen LogP contribution in [0.3, 0.4) is 0 Å². The predicted octanol–water partition coefficient (Wildman–Crippen LogP) is 2.30. The second-order valence-electron chi connectivity index (χ2n) is 4.28. The SMILES string of the molecule is CC(=O)NCCC#Cc1cccc2c(N)cccc12. The molecule has 3 nitrogen and oxygen atoms in total. The number of carbonyl (C=O) groups excluding carboxylic acids is 1. The molecule has 0 bridgehead atoms. The van der Waals surface area contributed by atoms with Crippen LogP contribution in [0.1, 0.15) is 18.9 Å². The molecule has 0 radical (unpaired) electrons. The van der Waals surface area contributed by atoms with Crippen LogP contribution < -0.4 is 11.1 Å². The summed E-state index contributed by atoms with van der Waals surface area (Å²) in [5, 5.41) is 4.81. The lowest BCUT2D eigenvalue weighted by Gasteiger charge is -2.03. The van der Waals surface area contributed by atoms with Gasteiger partial charge in [0.05, 0.1) is 0 Å². The fourth-order valence-corrected chi connectivity index (χ4v) is 1.90. The fourth-order valence-electron chi connectivity index (χ4n) is 1.90. The molecule has 96 valence electrons. The Balaban J connectivity index is 2.20.